The Morgan fingerprint density at radius 3 is 2.24 bits per heavy atom. The van der Waals surface area contributed by atoms with E-state index < -0.39 is 18.1 Å². The Hall–Kier alpha value is -2.04. The number of carboxylic acid groups (broad SMARTS) is 1. The van der Waals surface area contributed by atoms with Crippen molar-refractivity contribution < 1.29 is 19.4 Å². The van der Waals surface area contributed by atoms with Gasteiger partial charge in [0.25, 0.3) is 5.91 Å². The fourth-order valence-corrected chi connectivity index (χ4v) is 1.82. The van der Waals surface area contributed by atoms with Gasteiger partial charge in [0.2, 0.25) is 0 Å². The van der Waals surface area contributed by atoms with Crippen molar-refractivity contribution in [3.8, 4) is 5.75 Å². The molecule has 0 aliphatic heterocycles. The first-order valence-corrected chi connectivity index (χ1v) is 7.05. The Morgan fingerprint density at radius 1 is 1.19 bits per heavy atom. The molecule has 5 nitrogen and oxygen atoms in total. The molecule has 2 unspecified atom stereocenters. The Bertz CT molecular complexity index is 482. The average Bonchev–Trinajstić information content (AvgIpc) is 2.39. The average molecular weight is 293 g/mol. The van der Waals surface area contributed by atoms with Crippen LogP contribution in [-0.4, -0.2) is 29.1 Å². The van der Waals surface area contributed by atoms with Gasteiger partial charge in [0.05, 0.1) is 6.42 Å². The van der Waals surface area contributed by atoms with Crippen LogP contribution in [-0.2, 0) is 9.59 Å². The smallest absolute Gasteiger partial charge is 0.305 e. The molecular weight excluding hydrogens is 270 g/mol. The summed E-state index contributed by atoms with van der Waals surface area (Å²) < 4.78 is 5.56. The number of benzene rings is 1. The molecule has 0 bridgehead atoms. The number of carboxylic acids is 1. The number of carbonyl (C=O) groups excluding carboxylic acids is 1. The van der Waals surface area contributed by atoms with Crippen LogP contribution in [0.15, 0.2) is 24.3 Å². The summed E-state index contributed by atoms with van der Waals surface area (Å²) in [6, 6.07) is 7.01. The molecule has 1 aromatic carbocycles. The van der Waals surface area contributed by atoms with E-state index in [1.807, 2.05) is 32.9 Å². The van der Waals surface area contributed by atoms with Crippen molar-refractivity contribution in [3.63, 3.8) is 0 Å². The zero-order chi connectivity index (χ0) is 16.0. The van der Waals surface area contributed by atoms with Gasteiger partial charge >= 0.3 is 5.97 Å². The maximum atomic E-state index is 12.1. The predicted octanol–water partition coefficient (Wildman–Crippen LogP) is 2.38. The molecule has 2 atom stereocenters. The number of hydrogen-bond acceptors (Lipinski definition) is 3. The standard InChI is InChI=1S/C16H23NO4/c1-10(2)14(9-15(18)19)17-16(20)12(4)21-13-7-5-11(3)6-8-13/h5-8,10,12,14H,9H2,1-4H3,(H,17,20)(H,18,19). The number of aryl methyl sites for hydroxylation is 1. The number of hydrogen-bond donors (Lipinski definition) is 2. The molecule has 0 spiro atoms. The number of carbonyl (C=O) groups is 2. The SMILES string of the molecule is Cc1ccc(OC(C)C(=O)NC(CC(=O)O)C(C)C)cc1. The largest absolute Gasteiger partial charge is 0.481 e. The van der Waals surface area contributed by atoms with E-state index in [4.69, 9.17) is 9.84 Å². The topological polar surface area (TPSA) is 75.6 Å². The van der Waals surface area contributed by atoms with Crippen LogP contribution in [0.3, 0.4) is 0 Å². The van der Waals surface area contributed by atoms with Crippen LogP contribution >= 0.6 is 0 Å². The van der Waals surface area contributed by atoms with Crippen molar-refractivity contribution in [3.05, 3.63) is 29.8 Å². The van der Waals surface area contributed by atoms with Crippen LogP contribution in [0, 0.1) is 12.8 Å². The van der Waals surface area contributed by atoms with E-state index in [0.29, 0.717) is 5.75 Å². The third kappa shape index (κ3) is 5.85. The summed E-state index contributed by atoms with van der Waals surface area (Å²) in [6.45, 7) is 7.37. The number of aliphatic carboxylic acids is 1. The first-order valence-electron chi connectivity index (χ1n) is 7.05. The molecule has 0 aromatic heterocycles. The van der Waals surface area contributed by atoms with E-state index in [-0.39, 0.29) is 18.2 Å². The summed E-state index contributed by atoms with van der Waals surface area (Å²) in [5, 5.41) is 11.6. The molecule has 21 heavy (non-hydrogen) atoms. The van der Waals surface area contributed by atoms with E-state index >= 15 is 0 Å². The van der Waals surface area contributed by atoms with Crippen molar-refractivity contribution >= 4 is 11.9 Å². The van der Waals surface area contributed by atoms with Crippen LogP contribution < -0.4 is 10.1 Å². The van der Waals surface area contributed by atoms with Crippen molar-refractivity contribution in [2.75, 3.05) is 0 Å². The molecule has 0 radical (unpaired) electrons. The molecule has 0 saturated carbocycles. The van der Waals surface area contributed by atoms with Gasteiger partial charge in [-0.05, 0) is 31.9 Å². The highest BCUT2D eigenvalue weighted by molar-refractivity contribution is 5.81. The molecule has 1 aromatic rings. The van der Waals surface area contributed by atoms with Gasteiger partial charge in [-0.25, -0.2) is 0 Å². The molecule has 2 N–H and O–H groups in total. The quantitative estimate of drug-likeness (QED) is 0.809. The van der Waals surface area contributed by atoms with E-state index in [2.05, 4.69) is 5.32 Å². The third-order valence-corrected chi connectivity index (χ3v) is 3.23. The van der Waals surface area contributed by atoms with Crippen LogP contribution in [0.1, 0.15) is 32.8 Å². The lowest BCUT2D eigenvalue weighted by molar-refractivity contribution is -0.138. The minimum atomic E-state index is -0.930. The second-order valence-corrected chi connectivity index (χ2v) is 5.53. The number of amides is 1. The second kappa shape index (κ2) is 7.67. The van der Waals surface area contributed by atoms with Gasteiger partial charge in [-0.1, -0.05) is 31.5 Å². The lowest BCUT2D eigenvalue weighted by atomic mass is 10.0. The molecule has 5 heteroatoms. The van der Waals surface area contributed by atoms with E-state index in [0.717, 1.165) is 5.56 Å². The van der Waals surface area contributed by atoms with E-state index in [1.165, 1.54) is 0 Å². The first-order chi connectivity index (χ1) is 9.79. The monoisotopic (exact) mass is 293 g/mol. The Kier molecular flexibility index (Phi) is 6.21. The van der Waals surface area contributed by atoms with Gasteiger partial charge < -0.3 is 15.2 Å². The second-order valence-electron chi connectivity index (χ2n) is 5.53. The maximum absolute atomic E-state index is 12.1. The Labute approximate surface area is 125 Å². The zero-order valence-electron chi connectivity index (χ0n) is 12.9. The van der Waals surface area contributed by atoms with Crippen LogP contribution in [0.25, 0.3) is 0 Å². The Morgan fingerprint density at radius 2 is 1.76 bits per heavy atom. The first kappa shape index (κ1) is 17.0. The molecule has 0 fully saturated rings. The summed E-state index contributed by atoms with van der Waals surface area (Å²) in [7, 11) is 0. The highest BCUT2D eigenvalue weighted by Gasteiger charge is 2.23. The molecule has 116 valence electrons. The van der Waals surface area contributed by atoms with Gasteiger partial charge in [0.15, 0.2) is 6.10 Å². The maximum Gasteiger partial charge on any atom is 0.305 e. The van der Waals surface area contributed by atoms with Crippen molar-refractivity contribution in [1.82, 2.24) is 5.32 Å². The zero-order valence-corrected chi connectivity index (χ0v) is 12.9. The normalized spacial score (nSPS) is 13.6. The van der Waals surface area contributed by atoms with Crippen molar-refractivity contribution in [2.24, 2.45) is 5.92 Å². The van der Waals surface area contributed by atoms with E-state index in [9.17, 15) is 9.59 Å². The molecule has 1 amide bonds. The van der Waals surface area contributed by atoms with E-state index in [1.54, 1.807) is 19.1 Å². The number of nitrogens with one attached hydrogen (secondary N) is 1. The summed E-state index contributed by atoms with van der Waals surface area (Å²) >= 11 is 0. The van der Waals surface area contributed by atoms with Crippen LogP contribution in [0.4, 0.5) is 0 Å². The molecule has 0 heterocycles. The lowest BCUT2D eigenvalue weighted by Gasteiger charge is -2.23. The summed E-state index contributed by atoms with van der Waals surface area (Å²) in [4.78, 5) is 22.9. The minimum Gasteiger partial charge on any atom is -0.481 e. The molecule has 0 aliphatic rings. The van der Waals surface area contributed by atoms with Crippen LogP contribution in [0.2, 0.25) is 0 Å². The van der Waals surface area contributed by atoms with Crippen LogP contribution in [0.5, 0.6) is 5.75 Å². The van der Waals surface area contributed by atoms with Crippen molar-refractivity contribution in [2.45, 2.75) is 46.3 Å². The Balaban J connectivity index is 2.60. The predicted molar refractivity (Wildman–Crippen MR) is 80.3 cm³/mol. The fourth-order valence-electron chi connectivity index (χ4n) is 1.82. The highest BCUT2D eigenvalue weighted by atomic mass is 16.5. The lowest BCUT2D eigenvalue weighted by Crippen LogP contribution is -2.45. The van der Waals surface area contributed by atoms with Gasteiger partial charge in [-0.3, -0.25) is 9.59 Å². The molecule has 1 rings (SSSR count). The van der Waals surface area contributed by atoms with Crippen molar-refractivity contribution in [1.29, 1.82) is 0 Å². The molecule has 0 saturated heterocycles. The highest BCUT2D eigenvalue weighted by Crippen LogP contribution is 2.14. The summed E-state index contributed by atoms with van der Waals surface area (Å²) in [6.07, 6.45) is -0.775. The fraction of sp³-hybridized carbons (Fsp3) is 0.500. The minimum absolute atomic E-state index is 0.0385. The molecular formula is C16H23NO4. The molecule has 0 aliphatic carbocycles. The van der Waals surface area contributed by atoms with Gasteiger partial charge in [-0.2, -0.15) is 0 Å². The summed E-state index contributed by atoms with van der Waals surface area (Å²) in [5.74, 6) is -0.587. The summed E-state index contributed by atoms with van der Waals surface area (Å²) in [5.41, 5.74) is 1.11. The van der Waals surface area contributed by atoms with Gasteiger partial charge in [0.1, 0.15) is 5.75 Å². The number of rotatable bonds is 7. The van der Waals surface area contributed by atoms with Gasteiger partial charge in [-0.15, -0.1) is 0 Å². The number of ether oxygens (including phenoxy) is 1. The van der Waals surface area contributed by atoms with Gasteiger partial charge in [0, 0.05) is 6.04 Å². The third-order valence-electron chi connectivity index (χ3n) is 3.23.